The van der Waals surface area contributed by atoms with Crippen LogP contribution in [-0.4, -0.2) is 34.7 Å². The summed E-state index contributed by atoms with van der Waals surface area (Å²) in [6.07, 6.45) is -11.4. The SMILES string of the molecule is O=C(O)[C@@H]1CCCN(Cc2cc(C(F)(F)F)ccc2C(F)(F)F)[C@H]1C1C=CC(C(F)(F)F)=CC1. The molecule has 3 nitrogen and oxygen atoms in total. The number of aliphatic carboxylic acids is 1. The number of alkyl halides is 9. The lowest BCUT2D eigenvalue weighted by atomic mass is 9.77. The minimum Gasteiger partial charge on any atom is -0.481 e. The van der Waals surface area contributed by atoms with Crippen molar-refractivity contribution in [1.82, 2.24) is 4.90 Å². The van der Waals surface area contributed by atoms with Gasteiger partial charge in [-0.2, -0.15) is 39.5 Å². The lowest BCUT2D eigenvalue weighted by Gasteiger charge is -2.44. The standard InChI is InChI=1S/C22H20F9NO2/c23-20(24,25)14-5-3-12(4-6-14)18-16(19(33)34)2-1-9-32(18)11-13-10-15(21(26,27)28)7-8-17(13)22(29,30)31/h3,5-8,10,12,16,18H,1-2,4,9,11H2,(H,33,34)/t12?,16-,18+/m1/s1. The Morgan fingerprint density at radius 2 is 1.68 bits per heavy atom. The van der Waals surface area contributed by atoms with E-state index in [1.54, 1.807) is 0 Å². The summed E-state index contributed by atoms with van der Waals surface area (Å²) in [6, 6.07) is 0.0601. The largest absolute Gasteiger partial charge is 0.481 e. The quantitative estimate of drug-likeness (QED) is 0.482. The van der Waals surface area contributed by atoms with Crippen molar-refractivity contribution in [2.45, 2.75) is 50.4 Å². The Labute approximate surface area is 188 Å². The average molecular weight is 501 g/mol. The molecular weight excluding hydrogens is 481 g/mol. The molecule has 1 aliphatic carbocycles. The maximum atomic E-state index is 13.5. The number of hydrogen-bond acceptors (Lipinski definition) is 2. The van der Waals surface area contributed by atoms with Crippen molar-refractivity contribution in [3.63, 3.8) is 0 Å². The van der Waals surface area contributed by atoms with Crippen LogP contribution in [0.2, 0.25) is 0 Å². The van der Waals surface area contributed by atoms with Gasteiger partial charge in [-0.1, -0.05) is 18.2 Å². The van der Waals surface area contributed by atoms with Crippen LogP contribution in [0.4, 0.5) is 39.5 Å². The van der Waals surface area contributed by atoms with E-state index in [4.69, 9.17) is 0 Å². The second-order valence-electron chi connectivity index (χ2n) is 8.33. The molecule has 0 bridgehead atoms. The van der Waals surface area contributed by atoms with Gasteiger partial charge in [-0.05, 0) is 55.5 Å². The first kappa shape index (κ1) is 26.1. The van der Waals surface area contributed by atoms with E-state index in [0.717, 1.165) is 12.2 Å². The smallest absolute Gasteiger partial charge is 0.416 e. The molecule has 1 fully saturated rings. The summed E-state index contributed by atoms with van der Waals surface area (Å²) in [5.41, 5.74) is -4.16. The molecule has 1 aromatic rings. The third-order valence-corrected chi connectivity index (χ3v) is 6.12. The highest BCUT2D eigenvalue weighted by molar-refractivity contribution is 5.71. The Kier molecular flexibility index (Phi) is 7.12. The number of halogens is 9. The van der Waals surface area contributed by atoms with E-state index >= 15 is 0 Å². The molecule has 0 aromatic heterocycles. The summed E-state index contributed by atoms with van der Waals surface area (Å²) in [7, 11) is 0. The van der Waals surface area contributed by atoms with Gasteiger partial charge in [-0.3, -0.25) is 9.69 Å². The summed E-state index contributed by atoms with van der Waals surface area (Å²) >= 11 is 0. The lowest BCUT2D eigenvalue weighted by Crippen LogP contribution is -2.51. The van der Waals surface area contributed by atoms with Gasteiger partial charge in [-0.15, -0.1) is 0 Å². The fraction of sp³-hybridized carbons (Fsp3) is 0.500. The van der Waals surface area contributed by atoms with Crippen LogP contribution in [0.1, 0.15) is 36.0 Å². The van der Waals surface area contributed by atoms with E-state index in [9.17, 15) is 49.4 Å². The number of allylic oxidation sites excluding steroid dienone is 3. The van der Waals surface area contributed by atoms with Crippen molar-refractivity contribution in [2.24, 2.45) is 11.8 Å². The minimum atomic E-state index is -4.95. The number of nitrogens with zero attached hydrogens (tertiary/aromatic N) is 1. The Balaban J connectivity index is 1.98. The van der Waals surface area contributed by atoms with E-state index in [1.165, 1.54) is 11.0 Å². The molecule has 188 valence electrons. The van der Waals surface area contributed by atoms with Crippen molar-refractivity contribution in [2.75, 3.05) is 6.54 Å². The first-order valence-electron chi connectivity index (χ1n) is 10.3. The van der Waals surface area contributed by atoms with E-state index in [1.807, 2.05) is 0 Å². The molecule has 1 saturated heterocycles. The molecule has 0 radical (unpaired) electrons. The topological polar surface area (TPSA) is 40.5 Å². The van der Waals surface area contributed by atoms with Gasteiger partial charge >= 0.3 is 24.5 Å². The zero-order chi connectivity index (χ0) is 25.5. The highest BCUT2D eigenvalue weighted by Gasteiger charge is 2.43. The third-order valence-electron chi connectivity index (χ3n) is 6.12. The number of carboxylic acid groups (broad SMARTS) is 1. The summed E-state index contributed by atoms with van der Waals surface area (Å²) in [5.74, 6) is -3.15. The molecule has 2 aliphatic rings. The highest BCUT2D eigenvalue weighted by atomic mass is 19.4. The van der Waals surface area contributed by atoms with E-state index in [2.05, 4.69) is 0 Å². The number of piperidine rings is 1. The number of hydrogen-bond donors (Lipinski definition) is 1. The van der Waals surface area contributed by atoms with Crippen molar-refractivity contribution >= 4 is 5.97 Å². The molecule has 3 atom stereocenters. The highest BCUT2D eigenvalue weighted by Crippen LogP contribution is 2.40. The number of rotatable bonds is 4. The van der Waals surface area contributed by atoms with Crippen LogP contribution in [0.3, 0.4) is 0 Å². The Hall–Kier alpha value is -2.50. The van der Waals surface area contributed by atoms with Crippen LogP contribution in [0.25, 0.3) is 0 Å². The van der Waals surface area contributed by atoms with Crippen LogP contribution >= 0.6 is 0 Å². The summed E-state index contributed by atoms with van der Waals surface area (Å²) in [4.78, 5) is 13.2. The van der Waals surface area contributed by atoms with Gasteiger partial charge in [0.1, 0.15) is 0 Å². The van der Waals surface area contributed by atoms with E-state index in [0.29, 0.717) is 18.2 Å². The first-order chi connectivity index (χ1) is 15.6. The molecule has 0 amide bonds. The van der Waals surface area contributed by atoms with Crippen molar-refractivity contribution < 1.29 is 49.4 Å². The number of likely N-dealkylation sites (tertiary alicyclic amines) is 1. The van der Waals surface area contributed by atoms with Gasteiger partial charge in [0.2, 0.25) is 0 Å². The predicted octanol–water partition coefficient (Wildman–Crippen LogP) is 6.45. The van der Waals surface area contributed by atoms with Gasteiger partial charge in [0.15, 0.2) is 0 Å². The fourth-order valence-corrected chi connectivity index (χ4v) is 4.61. The zero-order valence-corrected chi connectivity index (χ0v) is 17.4. The summed E-state index contributed by atoms with van der Waals surface area (Å²) < 4.78 is 119. The van der Waals surface area contributed by atoms with Gasteiger partial charge in [0.25, 0.3) is 0 Å². The first-order valence-corrected chi connectivity index (χ1v) is 10.3. The molecule has 0 saturated carbocycles. The van der Waals surface area contributed by atoms with Crippen LogP contribution in [0.15, 0.2) is 42.0 Å². The zero-order valence-electron chi connectivity index (χ0n) is 17.4. The third kappa shape index (κ3) is 5.76. The van der Waals surface area contributed by atoms with Crippen LogP contribution in [0.5, 0.6) is 0 Å². The van der Waals surface area contributed by atoms with Gasteiger partial charge in [0, 0.05) is 12.6 Å². The molecule has 1 heterocycles. The molecule has 34 heavy (non-hydrogen) atoms. The second-order valence-corrected chi connectivity index (χ2v) is 8.33. The molecule has 3 rings (SSSR count). The average Bonchev–Trinajstić information content (AvgIpc) is 2.71. The summed E-state index contributed by atoms with van der Waals surface area (Å²) in [5, 5.41) is 9.66. The van der Waals surface area contributed by atoms with Gasteiger partial charge < -0.3 is 5.11 Å². The molecule has 12 heteroatoms. The Morgan fingerprint density at radius 3 is 2.18 bits per heavy atom. The van der Waals surface area contributed by atoms with Crippen molar-refractivity contribution in [3.05, 3.63) is 58.7 Å². The number of carboxylic acids is 1. The second kappa shape index (κ2) is 9.27. The van der Waals surface area contributed by atoms with Gasteiger partial charge in [0.05, 0.1) is 22.6 Å². The van der Waals surface area contributed by atoms with E-state index in [-0.39, 0.29) is 25.8 Å². The van der Waals surface area contributed by atoms with Crippen molar-refractivity contribution in [1.29, 1.82) is 0 Å². The fourth-order valence-electron chi connectivity index (χ4n) is 4.61. The molecule has 0 spiro atoms. The molecular formula is C22H20F9NO2. The monoisotopic (exact) mass is 501 g/mol. The maximum Gasteiger partial charge on any atom is 0.416 e. The van der Waals surface area contributed by atoms with Gasteiger partial charge in [-0.25, -0.2) is 0 Å². The minimum absolute atomic E-state index is 0.0855. The Bertz CT molecular complexity index is 976. The van der Waals surface area contributed by atoms with Crippen molar-refractivity contribution in [3.8, 4) is 0 Å². The predicted molar refractivity (Wildman–Crippen MR) is 102 cm³/mol. The number of carbonyl (C=O) groups is 1. The maximum absolute atomic E-state index is 13.5. The van der Waals surface area contributed by atoms with Crippen LogP contribution in [-0.2, 0) is 23.7 Å². The van der Waals surface area contributed by atoms with Crippen LogP contribution in [0, 0.1) is 11.8 Å². The summed E-state index contributed by atoms with van der Waals surface area (Å²) in [6.45, 7) is -0.546. The Morgan fingerprint density at radius 1 is 1.00 bits per heavy atom. The molecule has 1 N–H and O–H groups in total. The number of benzene rings is 1. The van der Waals surface area contributed by atoms with E-state index < -0.39 is 71.2 Å². The molecule has 1 aromatic carbocycles. The lowest BCUT2D eigenvalue weighted by molar-refractivity contribution is -0.148. The normalized spacial score (nSPS) is 24.7. The molecule has 1 unspecified atom stereocenters. The molecule has 1 aliphatic heterocycles. The van der Waals surface area contributed by atoms with Crippen LogP contribution < -0.4 is 0 Å².